The number of nitrogens with zero attached hydrogens (tertiary/aromatic N) is 1. The van der Waals surface area contributed by atoms with Crippen LogP contribution in [0.4, 0.5) is 0 Å². The van der Waals surface area contributed by atoms with E-state index in [-0.39, 0.29) is 0 Å². The van der Waals surface area contributed by atoms with Gasteiger partial charge in [0.15, 0.2) is 11.9 Å². The van der Waals surface area contributed by atoms with Crippen LogP contribution in [0.3, 0.4) is 0 Å². The molecule has 1 atom stereocenters. The average Bonchev–Trinajstić information content (AvgIpc) is 3.04. The predicted molar refractivity (Wildman–Crippen MR) is 86.3 cm³/mol. The number of rotatable bonds is 4. The lowest BCUT2D eigenvalue weighted by atomic mass is 10.1. The van der Waals surface area contributed by atoms with E-state index >= 15 is 0 Å². The van der Waals surface area contributed by atoms with Gasteiger partial charge in [-0.2, -0.15) is 0 Å². The van der Waals surface area contributed by atoms with Crippen molar-refractivity contribution >= 4 is 22.8 Å². The van der Waals surface area contributed by atoms with Gasteiger partial charge in [0.2, 0.25) is 0 Å². The number of hydrogen-bond acceptors (Lipinski definition) is 6. The highest BCUT2D eigenvalue weighted by Crippen LogP contribution is 2.29. The van der Waals surface area contributed by atoms with E-state index in [9.17, 15) is 9.59 Å². The third-order valence-electron chi connectivity index (χ3n) is 3.57. The molecule has 0 saturated carbocycles. The molecule has 3 rings (SSSR count). The first-order chi connectivity index (χ1) is 11.6. The summed E-state index contributed by atoms with van der Waals surface area (Å²) in [7, 11) is 1.24. The molecular weight excluding hydrogens is 310 g/mol. The van der Waals surface area contributed by atoms with Crippen molar-refractivity contribution in [2.45, 2.75) is 13.0 Å². The molecule has 0 aliphatic heterocycles. The normalized spacial score (nSPS) is 11.9. The topological polar surface area (TPSA) is 78.6 Å². The first-order valence-corrected chi connectivity index (χ1v) is 7.34. The number of carbonyl (C=O) groups excluding carboxylic acids is 2. The van der Waals surface area contributed by atoms with E-state index in [1.54, 1.807) is 18.2 Å². The number of ether oxygens (including phenoxy) is 2. The molecule has 0 amide bonds. The molecule has 6 nitrogen and oxygen atoms in total. The minimum atomic E-state index is -0.978. The predicted octanol–water partition coefficient (Wildman–Crippen LogP) is 3.21. The summed E-state index contributed by atoms with van der Waals surface area (Å²) in [5.74, 6) is -0.657. The molecule has 3 aromatic rings. The van der Waals surface area contributed by atoms with Gasteiger partial charge >= 0.3 is 11.9 Å². The maximum absolute atomic E-state index is 12.2. The van der Waals surface area contributed by atoms with Crippen molar-refractivity contribution in [1.82, 2.24) is 5.16 Å². The Hall–Kier alpha value is -3.15. The van der Waals surface area contributed by atoms with E-state index < -0.39 is 18.0 Å². The maximum atomic E-state index is 12.2. The highest BCUT2D eigenvalue weighted by atomic mass is 16.6. The summed E-state index contributed by atoms with van der Waals surface area (Å²) in [5.41, 5.74) is 1.79. The molecule has 0 aliphatic carbocycles. The van der Waals surface area contributed by atoms with Gasteiger partial charge in [-0.3, -0.25) is 0 Å². The van der Waals surface area contributed by atoms with Crippen LogP contribution in [0.15, 0.2) is 53.1 Å². The molecule has 0 fully saturated rings. The van der Waals surface area contributed by atoms with Crippen LogP contribution in [0.1, 0.15) is 17.3 Å². The maximum Gasteiger partial charge on any atom is 0.346 e. The van der Waals surface area contributed by atoms with Gasteiger partial charge < -0.3 is 14.0 Å². The summed E-state index contributed by atoms with van der Waals surface area (Å²) in [5, 5.41) is 4.69. The van der Waals surface area contributed by atoms with Crippen LogP contribution in [0.25, 0.3) is 22.2 Å². The minimum Gasteiger partial charge on any atom is -0.466 e. The highest BCUT2D eigenvalue weighted by Gasteiger charge is 2.20. The van der Waals surface area contributed by atoms with Crippen molar-refractivity contribution in [3.05, 3.63) is 54.1 Å². The Labute approximate surface area is 138 Å². The average molecular weight is 325 g/mol. The standard InChI is InChI=1S/C18H15NO5/c1-11(17(20)22-2)23-18(21)13-8-9-15-14(10-13)16(24-19-15)12-6-4-3-5-7-12/h3-11H,1-2H3/t11-/m0/s1. The zero-order valence-corrected chi connectivity index (χ0v) is 13.2. The Morgan fingerprint density at radius 3 is 2.58 bits per heavy atom. The Balaban J connectivity index is 1.93. The summed E-state index contributed by atoms with van der Waals surface area (Å²) in [6, 6.07) is 14.4. The zero-order chi connectivity index (χ0) is 17.1. The number of aromatic nitrogens is 1. The monoisotopic (exact) mass is 325 g/mol. The van der Waals surface area contributed by atoms with Crippen LogP contribution in [0, 0.1) is 0 Å². The van der Waals surface area contributed by atoms with Crippen LogP contribution < -0.4 is 0 Å². The quantitative estimate of drug-likeness (QED) is 0.685. The SMILES string of the molecule is COC(=O)[C@H](C)OC(=O)c1ccc2noc(-c3ccccc3)c2c1. The number of hydrogen-bond donors (Lipinski definition) is 0. The van der Waals surface area contributed by atoms with Gasteiger partial charge in [0.1, 0.15) is 5.52 Å². The highest BCUT2D eigenvalue weighted by molar-refractivity contribution is 5.99. The minimum absolute atomic E-state index is 0.304. The molecule has 0 N–H and O–H groups in total. The summed E-state index contributed by atoms with van der Waals surface area (Å²) in [6.07, 6.45) is -0.978. The van der Waals surface area contributed by atoms with Crippen molar-refractivity contribution in [3.63, 3.8) is 0 Å². The van der Waals surface area contributed by atoms with Crippen molar-refractivity contribution in [1.29, 1.82) is 0 Å². The molecular formula is C18H15NO5. The van der Waals surface area contributed by atoms with Gasteiger partial charge in [0, 0.05) is 5.56 Å². The molecule has 0 aliphatic rings. The fraction of sp³-hybridized carbons (Fsp3) is 0.167. The number of esters is 2. The Morgan fingerprint density at radius 2 is 1.88 bits per heavy atom. The van der Waals surface area contributed by atoms with Crippen molar-refractivity contribution in [2.75, 3.05) is 7.11 Å². The molecule has 0 spiro atoms. The fourth-order valence-electron chi connectivity index (χ4n) is 2.31. The molecule has 1 aromatic heterocycles. The summed E-state index contributed by atoms with van der Waals surface area (Å²) in [6.45, 7) is 1.46. The van der Waals surface area contributed by atoms with Gasteiger partial charge in [-0.1, -0.05) is 35.5 Å². The molecule has 0 unspecified atom stereocenters. The van der Waals surface area contributed by atoms with E-state index in [4.69, 9.17) is 9.26 Å². The molecule has 0 saturated heterocycles. The Kier molecular flexibility index (Phi) is 4.29. The molecule has 24 heavy (non-hydrogen) atoms. The van der Waals surface area contributed by atoms with Gasteiger partial charge in [0.05, 0.1) is 18.1 Å². The van der Waals surface area contributed by atoms with Gasteiger partial charge in [-0.15, -0.1) is 0 Å². The number of benzene rings is 2. The summed E-state index contributed by atoms with van der Waals surface area (Å²) >= 11 is 0. The third kappa shape index (κ3) is 2.99. The largest absolute Gasteiger partial charge is 0.466 e. The Bertz CT molecular complexity index is 885. The third-order valence-corrected chi connectivity index (χ3v) is 3.57. The van der Waals surface area contributed by atoms with E-state index in [1.165, 1.54) is 14.0 Å². The molecule has 0 bridgehead atoms. The second kappa shape index (κ2) is 6.54. The van der Waals surface area contributed by atoms with Crippen molar-refractivity contribution in [2.24, 2.45) is 0 Å². The van der Waals surface area contributed by atoms with Crippen LogP contribution in [-0.2, 0) is 14.3 Å². The van der Waals surface area contributed by atoms with Crippen LogP contribution >= 0.6 is 0 Å². The smallest absolute Gasteiger partial charge is 0.346 e. The molecule has 122 valence electrons. The molecule has 6 heteroatoms. The van der Waals surface area contributed by atoms with Gasteiger partial charge in [-0.25, -0.2) is 9.59 Å². The fourth-order valence-corrected chi connectivity index (χ4v) is 2.31. The van der Waals surface area contributed by atoms with E-state index in [2.05, 4.69) is 9.89 Å². The van der Waals surface area contributed by atoms with Crippen molar-refractivity contribution in [3.8, 4) is 11.3 Å². The molecule has 1 heterocycles. The van der Waals surface area contributed by atoms with Gasteiger partial charge in [0.25, 0.3) is 0 Å². The number of carbonyl (C=O) groups is 2. The lowest BCUT2D eigenvalue weighted by Crippen LogP contribution is -2.25. The zero-order valence-electron chi connectivity index (χ0n) is 13.2. The van der Waals surface area contributed by atoms with Crippen molar-refractivity contribution < 1.29 is 23.6 Å². The van der Waals surface area contributed by atoms with E-state index in [0.29, 0.717) is 22.2 Å². The van der Waals surface area contributed by atoms with Crippen LogP contribution in [-0.4, -0.2) is 30.3 Å². The lowest BCUT2D eigenvalue weighted by Gasteiger charge is -2.10. The number of methoxy groups -OCH3 is 1. The second-order valence-electron chi connectivity index (χ2n) is 5.18. The lowest BCUT2D eigenvalue weighted by molar-refractivity contribution is -0.149. The van der Waals surface area contributed by atoms with Gasteiger partial charge in [-0.05, 0) is 25.1 Å². The van der Waals surface area contributed by atoms with Crippen LogP contribution in [0.5, 0.6) is 0 Å². The Morgan fingerprint density at radius 1 is 1.12 bits per heavy atom. The van der Waals surface area contributed by atoms with E-state index in [1.807, 2.05) is 30.3 Å². The summed E-state index contributed by atoms with van der Waals surface area (Å²) < 4.78 is 15.0. The summed E-state index contributed by atoms with van der Waals surface area (Å²) in [4.78, 5) is 23.6. The first-order valence-electron chi connectivity index (χ1n) is 7.34. The van der Waals surface area contributed by atoms with Crippen LogP contribution in [0.2, 0.25) is 0 Å². The molecule has 0 radical (unpaired) electrons. The number of fused-ring (bicyclic) bond motifs is 1. The first kappa shape index (κ1) is 15.7. The second-order valence-corrected chi connectivity index (χ2v) is 5.18. The molecule has 2 aromatic carbocycles. The van der Waals surface area contributed by atoms with E-state index in [0.717, 1.165) is 5.56 Å².